The van der Waals surface area contributed by atoms with Crippen molar-refractivity contribution in [2.75, 3.05) is 19.8 Å². The van der Waals surface area contributed by atoms with Crippen molar-refractivity contribution in [1.82, 2.24) is 5.32 Å². The first-order chi connectivity index (χ1) is 9.78. The van der Waals surface area contributed by atoms with E-state index in [-0.39, 0.29) is 12.1 Å². The molecule has 0 spiro atoms. The highest BCUT2D eigenvalue weighted by molar-refractivity contribution is 5.36. The minimum absolute atomic E-state index is 0.183. The van der Waals surface area contributed by atoms with E-state index in [0.717, 1.165) is 31.7 Å². The first-order valence-electron chi connectivity index (χ1n) is 7.85. The zero-order valence-electron chi connectivity index (χ0n) is 13.3. The standard InChI is InChI=1S/C17H29NO2/c1-5-11-16(20-8-4)17(18-6-2)14-12-9-10-13-15(14)19-7-3/h9-10,12-13,16-18H,5-8,11H2,1-4H3. The van der Waals surface area contributed by atoms with Crippen LogP contribution in [-0.4, -0.2) is 25.9 Å². The molecule has 0 aliphatic rings. The molecular weight excluding hydrogens is 250 g/mol. The number of rotatable bonds is 10. The average molecular weight is 279 g/mol. The number of ether oxygens (including phenoxy) is 2. The topological polar surface area (TPSA) is 30.5 Å². The maximum Gasteiger partial charge on any atom is 0.124 e. The Labute approximate surface area is 123 Å². The molecule has 0 amide bonds. The fourth-order valence-electron chi connectivity index (χ4n) is 2.53. The summed E-state index contributed by atoms with van der Waals surface area (Å²) in [6.45, 7) is 10.7. The smallest absolute Gasteiger partial charge is 0.124 e. The number of hydrogen-bond donors (Lipinski definition) is 1. The second kappa shape index (κ2) is 9.78. The Morgan fingerprint density at radius 3 is 2.40 bits per heavy atom. The Hall–Kier alpha value is -1.06. The van der Waals surface area contributed by atoms with Gasteiger partial charge in [-0.2, -0.15) is 0 Å². The fourth-order valence-corrected chi connectivity index (χ4v) is 2.53. The Bertz CT molecular complexity index is 362. The van der Waals surface area contributed by atoms with Gasteiger partial charge in [0.15, 0.2) is 0 Å². The maximum atomic E-state index is 5.97. The molecule has 0 aromatic heterocycles. The third kappa shape index (κ3) is 4.80. The van der Waals surface area contributed by atoms with Crippen LogP contribution in [0.1, 0.15) is 52.1 Å². The van der Waals surface area contributed by atoms with Gasteiger partial charge in [-0.15, -0.1) is 0 Å². The van der Waals surface area contributed by atoms with Gasteiger partial charge in [0.05, 0.1) is 18.8 Å². The van der Waals surface area contributed by atoms with Crippen LogP contribution in [0.2, 0.25) is 0 Å². The van der Waals surface area contributed by atoms with Crippen LogP contribution >= 0.6 is 0 Å². The first-order valence-corrected chi connectivity index (χ1v) is 7.85. The summed E-state index contributed by atoms with van der Waals surface area (Å²) in [5.41, 5.74) is 1.20. The van der Waals surface area contributed by atoms with E-state index in [1.54, 1.807) is 0 Å². The lowest BCUT2D eigenvalue weighted by Crippen LogP contribution is -2.34. The molecule has 0 aliphatic heterocycles. The van der Waals surface area contributed by atoms with Gasteiger partial charge in [-0.1, -0.05) is 38.5 Å². The Morgan fingerprint density at radius 2 is 1.80 bits per heavy atom. The van der Waals surface area contributed by atoms with Crippen LogP contribution in [0.15, 0.2) is 24.3 Å². The van der Waals surface area contributed by atoms with Crippen molar-refractivity contribution in [2.45, 2.75) is 52.7 Å². The van der Waals surface area contributed by atoms with E-state index < -0.39 is 0 Å². The van der Waals surface area contributed by atoms with Crippen LogP contribution in [0.4, 0.5) is 0 Å². The van der Waals surface area contributed by atoms with Crippen molar-refractivity contribution in [1.29, 1.82) is 0 Å². The summed E-state index contributed by atoms with van der Waals surface area (Å²) in [4.78, 5) is 0. The largest absolute Gasteiger partial charge is 0.494 e. The predicted molar refractivity (Wildman–Crippen MR) is 84.4 cm³/mol. The SMILES string of the molecule is CCCC(OCC)C(NCC)c1ccccc1OCC. The van der Waals surface area contributed by atoms with Crippen molar-refractivity contribution in [2.24, 2.45) is 0 Å². The number of likely N-dealkylation sites (N-methyl/N-ethyl adjacent to an activating group) is 1. The van der Waals surface area contributed by atoms with Crippen LogP contribution < -0.4 is 10.1 Å². The number of benzene rings is 1. The van der Waals surface area contributed by atoms with Crippen LogP contribution in [0, 0.1) is 0 Å². The monoisotopic (exact) mass is 279 g/mol. The Balaban J connectivity index is 3.03. The number of para-hydroxylation sites is 1. The van der Waals surface area contributed by atoms with Crippen LogP contribution in [0.5, 0.6) is 5.75 Å². The second-order valence-electron chi connectivity index (χ2n) is 4.79. The van der Waals surface area contributed by atoms with Gasteiger partial charge in [0.2, 0.25) is 0 Å². The van der Waals surface area contributed by atoms with Crippen molar-refractivity contribution >= 4 is 0 Å². The average Bonchev–Trinajstić information content (AvgIpc) is 2.46. The van der Waals surface area contributed by atoms with E-state index in [4.69, 9.17) is 9.47 Å². The van der Waals surface area contributed by atoms with Crippen molar-refractivity contribution in [3.8, 4) is 5.75 Å². The highest BCUT2D eigenvalue weighted by atomic mass is 16.5. The maximum absolute atomic E-state index is 5.97. The number of hydrogen-bond acceptors (Lipinski definition) is 3. The van der Waals surface area contributed by atoms with Gasteiger partial charge in [0, 0.05) is 12.2 Å². The van der Waals surface area contributed by atoms with Crippen LogP contribution in [0.3, 0.4) is 0 Å². The summed E-state index contributed by atoms with van der Waals surface area (Å²) in [5.74, 6) is 0.960. The highest BCUT2D eigenvalue weighted by Crippen LogP contribution is 2.30. The van der Waals surface area contributed by atoms with Crippen molar-refractivity contribution in [3.05, 3.63) is 29.8 Å². The van der Waals surface area contributed by atoms with Crippen LogP contribution in [-0.2, 0) is 4.74 Å². The molecule has 2 atom stereocenters. The Morgan fingerprint density at radius 1 is 1.05 bits per heavy atom. The number of nitrogens with one attached hydrogen (secondary N) is 1. The van der Waals surface area contributed by atoms with Gasteiger partial charge >= 0.3 is 0 Å². The van der Waals surface area contributed by atoms with Gasteiger partial charge in [-0.25, -0.2) is 0 Å². The Kier molecular flexibility index (Phi) is 8.31. The van der Waals surface area contributed by atoms with Crippen LogP contribution in [0.25, 0.3) is 0 Å². The van der Waals surface area contributed by atoms with Gasteiger partial charge in [0.1, 0.15) is 5.75 Å². The molecule has 1 aromatic carbocycles. The molecule has 0 heterocycles. The summed E-state index contributed by atoms with van der Waals surface area (Å²) in [6, 6.07) is 8.45. The minimum atomic E-state index is 0.183. The molecule has 0 radical (unpaired) electrons. The lowest BCUT2D eigenvalue weighted by Gasteiger charge is -2.29. The summed E-state index contributed by atoms with van der Waals surface area (Å²) < 4.78 is 11.7. The lowest BCUT2D eigenvalue weighted by atomic mass is 9.97. The first kappa shape index (κ1) is 17.0. The van der Waals surface area contributed by atoms with E-state index in [2.05, 4.69) is 38.2 Å². The summed E-state index contributed by atoms with van der Waals surface area (Å²) in [7, 11) is 0. The molecule has 2 unspecified atom stereocenters. The normalized spacial score (nSPS) is 14.0. The summed E-state index contributed by atoms with van der Waals surface area (Å²) >= 11 is 0. The predicted octanol–water partition coefficient (Wildman–Crippen LogP) is 3.94. The van der Waals surface area contributed by atoms with Gasteiger partial charge < -0.3 is 14.8 Å². The van der Waals surface area contributed by atoms with Gasteiger partial charge in [-0.05, 0) is 32.9 Å². The third-order valence-corrected chi connectivity index (χ3v) is 3.30. The summed E-state index contributed by atoms with van der Waals surface area (Å²) in [6.07, 6.45) is 2.35. The minimum Gasteiger partial charge on any atom is -0.494 e. The molecule has 0 bridgehead atoms. The van der Waals surface area contributed by atoms with E-state index in [9.17, 15) is 0 Å². The molecule has 1 N–H and O–H groups in total. The van der Waals surface area contributed by atoms with E-state index in [0.29, 0.717) is 6.61 Å². The lowest BCUT2D eigenvalue weighted by molar-refractivity contribution is 0.0273. The highest BCUT2D eigenvalue weighted by Gasteiger charge is 2.24. The zero-order valence-corrected chi connectivity index (χ0v) is 13.3. The molecule has 114 valence electrons. The molecular formula is C17H29NO2. The third-order valence-electron chi connectivity index (χ3n) is 3.30. The molecule has 1 aromatic rings. The second-order valence-corrected chi connectivity index (χ2v) is 4.79. The van der Waals surface area contributed by atoms with Gasteiger partial charge in [0.25, 0.3) is 0 Å². The van der Waals surface area contributed by atoms with Gasteiger partial charge in [-0.3, -0.25) is 0 Å². The van der Waals surface area contributed by atoms with E-state index >= 15 is 0 Å². The van der Waals surface area contributed by atoms with E-state index in [1.807, 2.05) is 19.1 Å². The zero-order chi connectivity index (χ0) is 14.8. The van der Waals surface area contributed by atoms with Crippen molar-refractivity contribution < 1.29 is 9.47 Å². The molecule has 20 heavy (non-hydrogen) atoms. The molecule has 0 aliphatic carbocycles. The molecule has 1 rings (SSSR count). The summed E-state index contributed by atoms with van der Waals surface area (Å²) in [5, 5.41) is 3.56. The molecule has 3 heteroatoms. The quantitative estimate of drug-likeness (QED) is 0.703. The molecule has 0 fully saturated rings. The molecule has 3 nitrogen and oxygen atoms in total. The fraction of sp³-hybridized carbons (Fsp3) is 0.647. The van der Waals surface area contributed by atoms with E-state index in [1.165, 1.54) is 5.56 Å². The molecule has 0 saturated carbocycles. The molecule has 0 saturated heterocycles. The van der Waals surface area contributed by atoms with Crippen molar-refractivity contribution in [3.63, 3.8) is 0 Å².